The molecule has 0 bridgehead atoms. The van der Waals surface area contributed by atoms with Crippen LogP contribution in [0.2, 0.25) is 0 Å². The first-order chi connectivity index (χ1) is 16.0. The van der Waals surface area contributed by atoms with Gasteiger partial charge >= 0.3 is 5.97 Å². The molecule has 0 radical (unpaired) electrons. The number of aromatic nitrogens is 1. The molecule has 6 nitrogen and oxygen atoms in total. The molecule has 4 rings (SSSR count). The van der Waals surface area contributed by atoms with E-state index < -0.39 is 12.6 Å². The van der Waals surface area contributed by atoms with Crippen LogP contribution < -0.4 is 14.2 Å². The molecule has 168 valence electrons. The molecular formula is C26H22BrNO5. The largest absolute Gasteiger partial charge is 0.487 e. The van der Waals surface area contributed by atoms with E-state index in [2.05, 4.69) is 20.9 Å². The molecule has 1 N–H and O–H groups in total. The number of para-hydroxylation sites is 2. The van der Waals surface area contributed by atoms with Gasteiger partial charge in [0.05, 0.1) is 15.7 Å². The zero-order valence-corrected chi connectivity index (χ0v) is 19.5. The number of benzene rings is 3. The lowest BCUT2D eigenvalue weighted by atomic mass is 10.1. The molecule has 7 heteroatoms. The number of hydrogen-bond acceptors (Lipinski definition) is 5. The number of nitrogens with zero attached hydrogens (tertiary/aromatic N) is 1. The molecule has 0 amide bonds. The average molecular weight is 508 g/mol. The first kappa shape index (κ1) is 22.6. The van der Waals surface area contributed by atoms with Crippen molar-refractivity contribution in [3.05, 3.63) is 94.1 Å². The number of carbonyl (C=O) groups is 1. The summed E-state index contributed by atoms with van der Waals surface area (Å²) in [7, 11) is 0. The summed E-state index contributed by atoms with van der Waals surface area (Å²) in [6.45, 7) is 2.00. The van der Waals surface area contributed by atoms with Crippen LogP contribution >= 0.6 is 15.9 Å². The number of ether oxygens (including phenoxy) is 3. The molecule has 1 heterocycles. The highest BCUT2D eigenvalue weighted by molar-refractivity contribution is 9.10. The van der Waals surface area contributed by atoms with Crippen molar-refractivity contribution in [2.45, 2.75) is 20.1 Å². The number of carboxylic acid groups (broad SMARTS) is 1. The van der Waals surface area contributed by atoms with Crippen molar-refractivity contribution in [1.29, 1.82) is 0 Å². The Hall–Kier alpha value is -3.58. The number of carboxylic acids is 1. The van der Waals surface area contributed by atoms with Gasteiger partial charge in [-0.15, -0.1) is 0 Å². The van der Waals surface area contributed by atoms with E-state index in [1.165, 1.54) is 0 Å². The molecule has 0 fully saturated rings. The van der Waals surface area contributed by atoms with Gasteiger partial charge in [0, 0.05) is 17.0 Å². The number of aryl methyl sites for hydroxylation is 1. The number of pyridine rings is 1. The second-order valence-corrected chi connectivity index (χ2v) is 8.26. The number of rotatable bonds is 9. The van der Waals surface area contributed by atoms with Crippen molar-refractivity contribution < 1.29 is 24.1 Å². The van der Waals surface area contributed by atoms with Crippen LogP contribution in [0.1, 0.15) is 16.8 Å². The molecule has 0 aliphatic heterocycles. The van der Waals surface area contributed by atoms with Gasteiger partial charge < -0.3 is 19.3 Å². The van der Waals surface area contributed by atoms with Gasteiger partial charge in [0.15, 0.2) is 6.61 Å². The molecule has 0 unspecified atom stereocenters. The highest BCUT2D eigenvalue weighted by Gasteiger charge is 2.12. The van der Waals surface area contributed by atoms with Crippen LogP contribution in [-0.2, 0) is 18.0 Å². The SMILES string of the molecule is Cc1cccc(COc2cc(OCc3ccc4ccccc4n3)ccc2Br)c1OCC(=O)O. The Morgan fingerprint density at radius 2 is 1.79 bits per heavy atom. The Kier molecular flexibility index (Phi) is 7.10. The molecule has 3 aromatic carbocycles. The lowest BCUT2D eigenvalue weighted by molar-refractivity contribution is -0.139. The van der Waals surface area contributed by atoms with Crippen molar-refractivity contribution in [2.75, 3.05) is 6.61 Å². The topological polar surface area (TPSA) is 77.9 Å². The van der Waals surface area contributed by atoms with Crippen LogP contribution in [0.25, 0.3) is 10.9 Å². The number of hydrogen-bond donors (Lipinski definition) is 1. The van der Waals surface area contributed by atoms with E-state index in [4.69, 9.17) is 19.3 Å². The first-order valence-electron chi connectivity index (χ1n) is 10.3. The Morgan fingerprint density at radius 1 is 0.939 bits per heavy atom. The third kappa shape index (κ3) is 5.81. The van der Waals surface area contributed by atoms with Crippen molar-refractivity contribution >= 4 is 32.8 Å². The maximum Gasteiger partial charge on any atom is 0.341 e. The van der Waals surface area contributed by atoms with Crippen LogP contribution in [0.5, 0.6) is 17.2 Å². The Bertz CT molecular complexity index is 1290. The first-order valence-corrected chi connectivity index (χ1v) is 11.1. The van der Waals surface area contributed by atoms with Crippen molar-refractivity contribution in [2.24, 2.45) is 0 Å². The molecule has 4 aromatic rings. The second-order valence-electron chi connectivity index (χ2n) is 7.41. The Morgan fingerprint density at radius 3 is 2.64 bits per heavy atom. The van der Waals surface area contributed by atoms with Crippen LogP contribution in [-0.4, -0.2) is 22.7 Å². The average Bonchev–Trinajstić information content (AvgIpc) is 2.81. The summed E-state index contributed by atoms with van der Waals surface area (Å²) in [6, 6.07) is 23.1. The molecule has 0 spiro atoms. The Labute approximate surface area is 199 Å². The highest BCUT2D eigenvalue weighted by atomic mass is 79.9. The minimum atomic E-state index is -1.03. The molecule has 0 aliphatic rings. The minimum Gasteiger partial charge on any atom is -0.487 e. The molecule has 0 saturated carbocycles. The number of aliphatic carboxylic acids is 1. The van der Waals surface area contributed by atoms with Gasteiger partial charge in [0.2, 0.25) is 0 Å². The van der Waals surface area contributed by atoms with Gasteiger partial charge in [-0.2, -0.15) is 0 Å². The monoisotopic (exact) mass is 507 g/mol. The molecule has 0 aliphatic carbocycles. The van der Waals surface area contributed by atoms with E-state index >= 15 is 0 Å². The van der Waals surface area contributed by atoms with Crippen molar-refractivity contribution in [3.63, 3.8) is 0 Å². The van der Waals surface area contributed by atoms with Gasteiger partial charge in [0.25, 0.3) is 0 Å². The van der Waals surface area contributed by atoms with Crippen molar-refractivity contribution in [1.82, 2.24) is 4.98 Å². The van der Waals surface area contributed by atoms with Crippen LogP contribution in [0.15, 0.2) is 77.3 Å². The van der Waals surface area contributed by atoms with Gasteiger partial charge in [-0.05, 0) is 52.7 Å². The van der Waals surface area contributed by atoms with Gasteiger partial charge in [0.1, 0.15) is 30.5 Å². The third-order valence-corrected chi connectivity index (χ3v) is 5.62. The summed E-state index contributed by atoms with van der Waals surface area (Å²) < 4.78 is 18.2. The summed E-state index contributed by atoms with van der Waals surface area (Å²) in [4.78, 5) is 15.5. The maximum atomic E-state index is 10.9. The molecule has 1 aromatic heterocycles. The van der Waals surface area contributed by atoms with Crippen LogP contribution in [0.3, 0.4) is 0 Å². The zero-order valence-electron chi connectivity index (χ0n) is 18.0. The lowest BCUT2D eigenvalue weighted by Gasteiger charge is -2.15. The summed E-state index contributed by atoms with van der Waals surface area (Å²) in [5, 5.41) is 10.0. The van der Waals surface area contributed by atoms with E-state index in [0.29, 0.717) is 23.9 Å². The normalized spacial score (nSPS) is 10.7. The predicted molar refractivity (Wildman–Crippen MR) is 129 cm³/mol. The third-order valence-electron chi connectivity index (χ3n) is 4.96. The van der Waals surface area contributed by atoms with Crippen LogP contribution in [0, 0.1) is 6.92 Å². The van der Waals surface area contributed by atoms with Crippen LogP contribution in [0.4, 0.5) is 0 Å². The maximum absolute atomic E-state index is 10.9. The molecule has 0 atom stereocenters. The van der Waals surface area contributed by atoms with E-state index in [1.54, 1.807) is 6.07 Å². The summed E-state index contributed by atoms with van der Waals surface area (Å²) >= 11 is 3.51. The van der Waals surface area contributed by atoms with E-state index in [0.717, 1.165) is 32.2 Å². The fourth-order valence-corrected chi connectivity index (χ4v) is 3.71. The summed E-state index contributed by atoms with van der Waals surface area (Å²) in [5.74, 6) is 0.740. The summed E-state index contributed by atoms with van der Waals surface area (Å²) in [5.41, 5.74) is 3.36. The molecule has 0 saturated heterocycles. The Balaban J connectivity index is 1.44. The quantitative estimate of drug-likeness (QED) is 0.302. The van der Waals surface area contributed by atoms with Crippen molar-refractivity contribution in [3.8, 4) is 17.2 Å². The minimum absolute atomic E-state index is 0.213. The number of halogens is 1. The predicted octanol–water partition coefficient (Wildman–Crippen LogP) is 5.93. The highest BCUT2D eigenvalue weighted by Crippen LogP contribution is 2.32. The zero-order chi connectivity index (χ0) is 23.2. The van der Waals surface area contributed by atoms with Gasteiger partial charge in [-0.1, -0.05) is 42.5 Å². The van der Waals surface area contributed by atoms with E-state index in [-0.39, 0.29) is 6.61 Å². The molecular weight excluding hydrogens is 486 g/mol. The molecule has 33 heavy (non-hydrogen) atoms. The second kappa shape index (κ2) is 10.4. The smallest absolute Gasteiger partial charge is 0.341 e. The fraction of sp³-hybridized carbons (Fsp3) is 0.154. The standard InChI is InChI=1S/C26H22BrNO5/c1-17-5-4-7-19(26(17)33-16-25(29)30)14-32-24-13-21(11-12-22(24)27)31-15-20-10-9-18-6-2-3-8-23(18)28-20/h2-13H,14-16H2,1H3,(H,29,30). The van der Waals surface area contributed by atoms with Gasteiger partial charge in [-0.3, -0.25) is 0 Å². The van der Waals surface area contributed by atoms with Gasteiger partial charge in [-0.25, -0.2) is 9.78 Å². The number of fused-ring (bicyclic) bond motifs is 1. The van der Waals surface area contributed by atoms with E-state index in [9.17, 15) is 4.79 Å². The lowest BCUT2D eigenvalue weighted by Crippen LogP contribution is -2.12. The van der Waals surface area contributed by atoms with E-state index in [1.807, 2.05) is 73.7 Å². The fourth-order valence-electron chi connectivity index (χ4n) is 3.35. The summed E-state index contributed by atoms with van der Waals surface area (Å²) in [6.07, 6.45) is 0.